The molecule has 0 spiro atoms. The second kappa shape index (κ2) is 5.80. The largest absolute Gasteiger partial charge is 0.481 e. The molecule has 0 saturated carbocycles. The lowest BCUT2D eigenvalue weighted by molar-refractivity contribution is -0.141. The first-order valence-electron chi connectivity index (χ1n) is 6.03. The molecule has 2 N–H and O–H groups in total. The van der Waals surface area contributed by atoms with E-state index in [0.717, 1.165) is 6.42 Å². The highest BCUT2D eigenvalue weighted by Crippen LogP contribution is 2.32. The van der Waals surface area contributed by atoms with Gasteiger partial charge in [0, 0.05) is 0 Å². The van der Waals surface area contributed by atoms with Gasteiger partial charge in [0.1, 0.15) is 0 Å². The first-order valence-corrected chi connectivity index (χ1v) is 6.03. The summed E-state index contributed by atoms with van der Waals surface area (Å²) in [6, 6.07) is -0.933. The Balaban J connectivity index is 2.69. The average Bonchev–Trinajstić information content (AvgIpc) is 2.28. The molecule has 0 aromatic carbocycles. The molecular formula is C13H19NO4. The smallest absolute Gasteiger partial charge is 0.305 e. The fraction of sp³-hybridized carbons (Fsp3) is 0.615. The Kier molecular flexibility index (Phi) is 4.64. The van der Waals surface area contributed by atoms with Crippen LogP contribution in [-0.4, -0.2) is 28.8 Å². The number of aliphatic carboxylic acids is 1. The lowest BCUT2D eigenvalue weighted by Crippen LogP contribution is -2.48. The summed E-state index contributed by atoms with van der Waals surface area (Å²) < 4.78 is 0. The molecular weight excluding hydrogens is 234 g/mol. The fourth-order valence-corrected chi connectivity index (χ4v) is 1.97. The molecule has 0 aliphatic heterocycles. The maximum absolute atomic E-state index is 12.1. The summed E-state index contributed by atoms with van der Waals surface area (Å²) in [5.74, 6) is -1.67. The van der Waals surface area contributed by atoms with E-state index in [4.69, 9.17) is 5.11 Å². The van der Waals surface area contributed by atoms with Gasteiger partial charge in [0.15, 0.2) is 5.78 Å². The van der Waals surface area contributed by atoms with Gasteiger partial charge in [-0.05, 0) is 26.2 Å². The maximum Gasteiger partial charge on any atom is 0.305 e. The standard InChI is InChI=1S/C13H19NO4/c1-9(15)10(8-11(16)17)14-12(18)13(2)6-4-3-5-7-13/h3-4,10H,5-8H2,1-2H3,(H,14,18)(H,16,17). The molecule has 100 valence electrons. The van der Waals surface area contributed by atoms with Crippen LogP contribution in [0.5, 0.6) is 0 Å². The summed E-state index contributed by atoms with van der Waals surface area (Å²) in [6.45, 7) is 3.13. The van der Waals surface area contributed by atoms with E-state index in [1.165, 1.54) is 6.92 Å². The van der Waals surface area contributed by atoms with Crippen LogP contribution in [0.15, 0.2) is 12.2 Å². The number of allylic oxidation sites excluding steroid dienone is 2. The van der Waals surface area contributed by atoms with Gasteiger partial charge in [-0.15, -0.1) is 0 Å². The number of hydrogen-bond acceptors (Lipinski definition) is 3. The molecule has 18 heavy (non-hydrogen) atoms. The third kappa shape index (κ3) is 3.68. The lowest BCUT2D eigenvalue weighted by atomic mass is 9.78. The van der Waals surface area contributed by atoms with Crippen molar-refractivity contribution in [3.8, 4) is 0 Å². The van der Waals surface area contributed by atoms with Crippen LogP contribution in [0.1, 0.15) is 39.5 Å². The van der Waals surface area contributed by atoms with Gasteiger partial charge in [-0.1, -0.05) is 19.1 Å². The molecule has 1 rings (SSSR count). The van der Waals surface area contributed by atoms with Crippen molar-refractivity contribution < 1.29 is 19.5 Å². The van der Waals surface area contributed by atoms with E-state index in [9.17, 15) is 14.4 Å². The molecule has 1 aliphatic rings. The molecule has 2 unspecified atom stereocenters. The molecule has 5 heteroatoms. The van der Waals surface area contributed by atoms with Crippen LogP contribution in [0.4, 0.5) is 0 Å². The highest BCUT2D eigenvalue weighted by Gasteiger charge is 2.35. The van der Waals surface area contributed by atoms with Gasteiger partial charge in [-0.3, -0.25) is 14.4 Å². The molecule has 2 atom stereocenters. The maximum atomic E-state index is 12.1. The monoisotopic (exact) mass is 253 g/mol. The molecule has 0 fully saturated rings. The number of ketones is 1. The SMILES string of the molecule is CC(=O)C(CC(=O)O)NC(=O)C1(C)CC=CCC1. The van der Waals surface area contributed by atoms with Gasteiger partial charge in [0.2, 0.25) is 5.91 Å². The predicted octanol–water partition coefficient (Wildman–Crippen LogP) is 1.28. The Morgan fingerprint density at radius 3 is 2.50 bits per heavy atom. The van der Waals surface area contributed by atoms with Gasteiger partial charge < -0.3 is 10.4 Å². The number of carboxylic acids is 1. The Bertz CT molecular complexity index is 388. The van der Waals surface area contributed by atoms with Crippen molar-refractivity contribution >= 4 is 17.7 Å². The Hall–Kier alpha value is -1.65. The highest BCUT2D eigenvalue weighted by atomic mass is 16.4. The zero-order chi connectivity index (χ0) is 13.8. The topological polar surface area (TPSA) is 83.5 Å². The minimum absolute atomic E-state index is 0.242. The van der Waals surface area contributed by atoms with E-state index < -0.39 is 17.4 Å². The van der Waals surface area contributed by atoms with Crippen molar-refractivity contribution in [1.82, 2.24) is 5.32 Å². The zero-order valence-electron chi connectivity index (χ0n) is 10.7. The summed E-state index contributed by atoms with van der Waals surface area (Å²) in [5, 5.41) is 11.3. The third-order valence-corrected chi connectivity index (χ3v) is 3.32. The summed E-state index contributed by atoms with van der Waals surface area (Å²) >= 11 is 0. The summed E-state index contributed by atoms with van der Waals surface area (Å²) in [5.41, 5.74) is -0.541. The van der Waals surface area contributed by atoms with Gasteiger partial charge in [0.25, 0.3) is 0 Å². The molecule has 1 aliphatic carbocycles. The minimum atomic E-state index is -1.09. The van der Waals surface area contributed by atoms with Crippen LogP contribution in [0.3, 0.4) is 0 Å². The van der Waals surface area contributed by atoms with Crippen LogP contribution in [0, 0.1) is 5.41 Å². The molecule has 0 saturated heterocycles. The van der Waals surface area contributed by atoms with Crippen molar-refractivity contribution in [1.29, 1.82) is 0 Å². The van der Waals surface area contributed by atoms with Crippen LogP contribution in [0.25, 0.3) is 0 Å². The van der Waals surface area contributed by atoms with E-state index in [-0.39, 0.29) is 18.1 Å². The van der Waals surface area contributed by atoms with Gasteiger partial charge >= 0.3 is 5.97 Å². The normalized spacial score (nSPS) is 24.3. The number of hydrogen-bond donors (Lipinski definition) is 2. The van der Waals surface area contributed by atoms with E-state index >= 15 is 0 Å². The molecule has 1 amide bonds. The summed E-state index contributed by atoms with van der Waals surface area (Å²) in [6.07, 6.45) is 5.77. The predicted molar refractivity (Wildman–Crippen MR) is 66.0 cm³/mol. The van der Waals surface area contributed by atoms with Crippen LogP contribution in [0.2, 0.25) is 0 Å². The fourth-order valence-electron chi connectivity index (χ4n) is 1.97. The number of carboxylic acid groups (broad SMARTS) is 1. The molecule has 0 aromatic heterocycles. The second-order valence-electron chi connectivity index (χ2n) is 5.01. The van der Waals surface area contributed by atoms with Gasteiger partial charge in [-0.2, -0.15) is 0 Å². The third-order valence-electron chi connectivity index (χ3n) is 3.32. The lowest BCUT2D eigenvalue weighted by Gasteiger charge is -2.30. The number of Topliss-reactive ketones (excluding diaryl/α,β-unsaturated/α-hetero) is 1. The van der Waals surface area contributed by atoms with E-state index in [1.807, 2.05) is 19.1 Å². The first-order chi connectivity index (χ1) is 8.35. The molecule has 0 aromatic rings. The minimum Gasteiger partial charge on any atom is -0.481 e. The van der Waals surface area contributed by atoms with Crippen molar-refractivity contribution in [3.63, 3.8) is 0 Å². The Morgan fingerprint density at radius 1 is 1.39 bits per heavy atom. The van der Waals surface area contributed by atoms with Crippen molar-refractivity contribution in [2.24, 2.45) is 5.41 Å². The van der Waals surface area contributed by atoms with Crippen molar-refractivity contribution in [3.05, 3.63) is 12.2 Å². The molecule has 0 heterocycles. The number of carbonyl (C=O) groups excluding carboxylic acids is 2. The van der Waals surface area contributed by atoms with E-state index in [1.54, 1.807) is 0 Å². The van der Waals surface area contributed by atoms with Crippen molar-refractivity contribution in [2.45, 2.75) is 45.6 Å². The summed E-state index contributed by atoms with van der Waals surface area (Å²) in [4.78, 5) is 34.1. The first kappa shape index (κ1) is 14.4. The average molecular weight is 253 g/mol. The molecule has 0 bridgehead atoms. The van der Waals surface area contributed by atoms with Crippen LogP contribution < -0.4 is 5.32 Å². The number of rotatable bonds is 5. The van der Waals surface area contributed by atoms with Crippen LogP contribution >= 0.6 is 0 Å². The number of amides is 1. The van der Waals surface area contributed by atoms with Crippen LogP contribution in [-0.2, 0) is 14.4 Å². The Morgan fingerprint density at radius 2 is 2.06 bits per heavy atom. The summed E-state index contributed by atoms with van der Waals surface area (Å²) in [7, 11) is 0. The molecule has 0 radical (unpaired) electrons. The number of carbonyl (C=O) groups is 3. The Labute approximate surface area is 106 Å². The quantitative estimate of drug-likeness (QED) is 0.723. The van der Waals surface area contributed by atoms with Crippen molar-refractivity contribution in [2.75, 3.05) is 0 Å². The zero-order valence-corrected chi connectivity index (χ0v) is 10.7. The van der Waals surface area contributed by atoms with Gasteiger partial charge in [0.05, 0.1) is 17.9 Å². The highest BCUT2D eigenvalue weighted by molar-refractivity contribution is 5.92. The second-order valence-corrected chi connectivity index (χ2v) is 5.01. The van der Waals surface area contributed by atoms with Gasteiger partial charge in [-0.25, -0.2) is 0 Å². The van der Waals surface area contributed by atoms with E-state index in [2.05, 4.69) is 5.32 Å². The number of nitrogens with one attached hydrogen (secondary N) is 1. The van der Waals surface area contributed by atoms with E-state index in [0.29, 0.717) is 12.8 Å². The molecule has 5 nitrogen and oxygen atoms in total.